The predicted molar refractivity (Wildman–Crippen MR) is 109 cm³/mol. The Morgan fingerprint density at radius 2 is 1.93 bits per heavy atom. The molecule has 1 saturated carbocycles. The Kier molecular flexibility index (Phi) is 7.04. The van der Waals surface area contributed by atoms with Crippen molar-refractivity contribution < 1.29 is 22.7 Å². The molecule has 1 heterocycles. The summed E-state index contributed by atoms with van der Waals surface area (Å²) in [7, 11) is -2.98. The zero-order valence-corrected chi connectivity index (χ0v) is 17.7. The molecule has 0 aromatic heterocycles. The van der Waals surface area contributed by atoms with E-state index in [1.165, 1.54) is 18.2 Å². The first-order chi connectivity index (χ1) is 13.3. The Labute approximate surface area is 170 Å². The van der Waals surface area contributed by atoms with Crippen molar-refractivity contribution in [3.05, 3.63) is 29.8 Å². The molecule has 0 bridgehead atoms. The van der Waals surface area contributed by atoms with Crippen LogP contribution in [-0.4, -0.2) is 49.7 Å². The Morgan fingerprint density at radius 3 is 2.64 bits per heavy atom. The van der Waals surface area contributed by atoms with Crippen molar-refractivity contribution in [3.63, 3.8) is 0 Å². The summed E-state index contributed by atoms with van der Waals surface area (Å²) in [5.74, 6) is -0.0804. The van der Waals surface area contributed by atoms with Gasteiger partial charge in [-0.25, -0.2) is 13.2 Å². The fraction of sp³-hybridized carbons (Fsp3) is 0.600. The summed E-state index contributed by atoms with van der Waals surface area (Å²) < 4.78 is 28.6. The smallest absolute Gasteiger partial charge is 0.339 e. The molecule has 8 heteroatoms. The Bertz CT molecular complexity index is 824. The number of carbonyl (C=O) groups is 2. The quantitative estimate of drug-likeness (QED) is 0.705. The molecule has 1 aromatic carbocycles. The van der Waals surface area contributed by atoms with Crippen molar-refractivity contribution in [2.45, 2.75) is 55.2 Å². The van der Waals surface area contributed by atoms with Gasteiger partial charge >= 0.3 is 5.97 Å². The number of hydrogen-bond donors (Lipinski definition) is 1. The van der Waals surface area contributed by atoms with E-state index in [9.17, 15) is 18.0 Å². The molecule has 1 N–H and O–H groups in total. The molecule has 1 amide bonds. The third-order valence-electron chi connectivity index (χ3n) is 5.38. The van der Waals surface area contributed by atoms with Gasteiger partial charge in [0.15, 0.2) is 16.4 Å². The summed E-state index contributed by atoms with van der Waals surface area (Å²) in [6.07, 6.45) is 4.95. The van der Waals surface area contributed by atoms with E-state index in [0.717, 1.165) is 19.3 Å². The number of amides is 1. The normalized spacial score (nSPS) is 26.5. The fourth-order valence-electron chi connectivity index (χ4n) is 3.76. The van der Waals surface area contributed by atoms with Crippen LogP contribution >= 0.6 is 11.8 Å². The van der Waals surface area contributed by atoms with Crippen LogP contribution in [0.2, 0.25) is 0 Å². The van der Waals surface area contributed by atoms with E-state index in [-0.39, 0.29) is 35.3 Å². The third kappa shape index (κ3) is 5.73. The average Bonchev–Trinajstić information content (AvgIpc) is 3.00. The van der Waals surface area contributed by atoms with Crippen LogP contribution < -0.4 is 5.32 Å². The van der Waals surface area contributed by atoms with Crippen molar-refractivity contribution in [2.24, 2.45) is 5.92 Å². The van der Waals surface area contributed by atoms with Crippen LogP contribution in [0.3, 0.4) is 0 Å². The molecule has 3 rings (SSSR count). The van der Waals surface area contributed by atoms with Crippen molar-refractivity contribution in [1.29, 1.82) is 0 Å². The standard InChI is InChI=1S/C20H27NO5S2/c1-14-6-2-4-8-17(14)21-19(22)12-26-20(23)16-7-3-5-9-18(16)27-15-10-11-28(24,25)13-15/h3,5,7,9,14-15,17H,2,4,6,8,10-13H2,1H3,(H,21,22)/t14-,15+,17-/m0/s1. The number of ether oxygens (including phenoxy) is 1. The van der Waals surface area contributed by atoms with Crippen LogP contribution in [0.4, 0.5) is 0 Å². The van der Waals surface area contributed by atoms with Gasteiger partial charge in [-0.15, -0.1) is 11.8 Å². The maximum absolute atomic E-state index is 12.5. The Hall–Kier alpha value is -1.54. The van der Waals surface area contributed by atoms with Crippen LogP contribution in [0.25, 0.3) is 0 Å². The lowest BCUT2D eigenvalue weighted by atomic mass is 9.86. The number of esters is 1. The monoisotopic (exact) mass is 425 g/mol. The minimum absolute atomic E-state index is 0.0602. The number of hydrogen-bond acceptors (Lipinski definition) is 6. The lowest BCUT2D eigenvalue weighted by Gasteiger charge is -2.29. The van der Waals surface area contributed by atoms with E-state index in [0.29, 0.717) is 22.8 Å². The van der Waals surface area contributed by atoms with Crippen LogP contribution in [0.15, 0.2) is 29.2 Å². The van der Waals surface area contributed by atoms with Gasteiger partial charge in [-0.05, 0) is 37.3 Å². The number of rotatable bonds is 6. The second-order valence-electron chi connectivity index (χ2n) is 7.65. The first kappa shape index (κ1) is 21.2. The van der Waals surface area contributed by atoms with Crippen molar-refractivity contribution >= 4 is 33.5 Å². The summed E-state index contributed by atoms with van der Waals surface area (Å²) >= 11 is 1.39. The summed E-state index contributed by atoms with van der Waals surface area (Å²) in [4.78, 5) is 25.4. The van der Waals surface area contributed by atoms with E-state index in [1.807, 2.05) is 0 Å². The maximum Gasteiger partial charge on any atom is 0.339 e. The third-order valence-corrected chi connectivity index (χ3v) is 8.71. The summed E-state index contributed by atoms with van der Waals surface area (Å²) in [6.45, 7) is 1.83. The van der Waals surface area contributed by atoms with Crippen LogP contribution in [0, 0.1) is 5.92 Å². The predicted octanol–water partition coefficient (Wildman–Crippen LogP) is 2.82. The van der Waals surface area contributed by atoms with Crippen LogP contribution in [-0.2, 0) is 19.4 Å². The average molecular weight is 426 g/mol. The molecule has 3 atom stereocenters. The first-order valence-corrected chi connectivity index (χ1v) is 12.5. The van der Waals surface area contributed by atoms with E-state index >= 15 is 0 Å². The van der Waals surface area contributed by atoms with Gasteiger partial charge < -0.3 is 10.1 Å². The maximum atomic E-state index is 12.5. The molecule has 0 spiro atoms. The number of sulfone groups is 1. The molecule has 2 aliphatic rings. The van der Waals surface area contributed by atoms with E-state index < -0.39 is 15.8 Å². The van der Waals surface area contributed by atoms with Crippen molar-refractivity contribution in [2.75, 3.05) is 18.1 Å². The van der Waals surface area contributed by atoms with Crippen molar-refractivity contribution in [3.8, 4) is 0 Å². The summed E-state index contributed by atoms with van der Waals surface area (Å²) in [6, 6.07) is 7.12. The molecular formula is C20H27NO5S2. The van der Waals surface area contributed by atoms with Gasteiger partial charge in [0.05, 0.1) is 17.1 Å². The van der Waals surface area contributed by atoms with Gasteiger partial charge in [-0.2, -0.15) is 0 Å². The van der Waals surface area contributed by atoms with Gasteiger partial charge in [-0.3, -0.25) is 4.79 Å². The molecule has 1 aliphatic carbocycles. The molecule has 6 nitrogen and oxygen atoms in total. The molecule has 0 radical (unpaired) electrons. The van der Waals surface area contributed by atoms with E-state index in [1.54, 1.807) is 24.3 Å². The fourth-order valence-corrected chi connectivity index (χ4v) is 7.38. The topological polar surface area (TPSA) is 89.5 Å². The number of nitrogens with one attached hydrogen (secondary N) is 1. The molecule has 1 saturated heterocycles. The lowest BCUT2D eigenvalue weighted by Crippen LogP contribution is -2.42. The molecule has 1 aromatic rings. The zero-order valence-electron chi connectivity index (χ0n) is 16.1. The highest BCUT2D eigenvalue weighted by atomic mass is 32.2. The van der Waals surface area contributed by atoms with E-state index in [2.05, 4.69) is 12.2 Å². The summed E-state index contributed by atoms with van der Waals surface area (Å²) in [5.41, 5.74) is 0.371. The van der Waals surface area contributed by atoms with Crippen LogP contribution in [0.1, 0.15) is 49.4 Å². The highest BCUT2D eigenvalue weighted by Gasteiger charge is 2.30. The van der Waals surface area contributed by atoms with Gasteiger partial charge in [0.1, 0.15) is 0 Å². The minimum atomic E-state index is -2.98. The van der Waals surface area contributed by atoms with Gasteiger partial charge in [0, 0.05) is 16.2 Å². The minimum Gasteiger partial charge on any atom is -0.452 e. The highest BCUT2D eigenvalue weighted by Crippen LogP contribution is 2.33. The van der Waals surface area contributed by atoms with E-state index in [4.69, 9.17) is 4.74 Å². The number of carbonyl (C=O) groups excluding carboxylic acids is 2. The molecule has 28 heavy (non-hydrogen) atoms. The SMILES string of the molecule is C[C@H]1CCCC[C@@H]1NC(=O)COC(=O)c1ccccc1S[C@@H]1CCS(=O)(=O)C1. The molecule has 0 unspecified atom stereocenters. The second-order valence-corrected chi connectivity index (χ2v) is 11.2. The highest BCUT2D eigenvalue weighted by molar-refractivity contribution is 8.02. The number of benzene rings is 1. The van der Waals surface area contributed by atoms with Gasteiger partial charge in [-0.1, -0.05) is 31.9 Å². The van der Waals surface area contributed by atoms with Crippen LogP contribution in [0.5, 0.6) is 0 Å². The largest absolute Gasteiger partial charge is 0.452 e. The van der Waals surface area contributed by atoms with Crippen molar-refractivity contribution in [1.82, 2.24) is 5.32 Å². The second kappa shape index (κ2) is 9.31. The van der Waals surface area contributed by atoms with Gasteiger partial charge in [0.25, 0.3) is 5.91 Å². The Balaban J connectivity index is 1.55. The zero-order chi connectivity index (χ0) is 20.1. The molecule has 2 fully saturated rings. The Morgan fingerprint density at radius 1 is 1.18 bits per heavy atom. The molecule has 1 aliphatic heterocycles. The first-order valence-electron chi connectivity index (χ1n) is 9.76. The van der Waals surface area contributed by atoms with Gasteiger partial charge in [0.2, 0.25) is 0 Å². The lowest BCUT2D eigenvalue weighted by molar-refractivity contribution is -0.125. The summed E-state index contributed by atoms with van der Waals surface area (Å²) in [5, 5.41) is 2.91. The molecule has 154 valence electrons. The molecular weight excluding hydrogens is 398 g/mol. The number of thioether (sulfide) groups is 1.